The minimum absolute atomic E-state index is 0.0475. The Morgan fingerprint density at radius 3 is 2.24 bits per heavy atom. The van der Waals surface area contributed by atoms with Crippen molar-refractivity contribution in [2.45, 2.75) is 31.6 Å². The van der Waals surface area contributed by atoms with Crippen molar-refractivity contribution in [2.24, 2.45) is 5.92 Å². The summed E-state index contributed by atoms with van der Waals surface area (Å²) in [6.45, 7) is 0. The van der Waals surface area contributed by atoms with Crippen LogP contribution in [0.2, 0.25) is 0 Å². The fourth-order valence-electron chi connectivity index (χ4n) is 2.48. The van der Waals surface area contributed by atoms with Gasteiger partial charge in [0.05, 0.1) is 11.6 Å². The highest BCUT2D eigenvalue weighted by Crippen LogP contribution is 2.36. The molecular formula is C14H14ClNO. The van der Waals surface area contributed by atoms with Crippen molar-refractivity contribution in [1.29, 1.82) is 5.26 Å². The SMILES string of the molecule is N#Cc1ccc(C2CCC(C(=O)Cl)CC2)cc1. The van der Waals surface area contributed by atoms with Crippen LogP contribution in [-0.2, 0) is 4.79 Å². The number of carbonyl (C=O) groups is 1. The zero-order chi connectivity index (χ0) is 12.3. The molecule has 0 saturated heterocycles. The van der Waals surface area contributed by atoms with Crippen molar-refractivity contribution < 1.29 is 4.79 Å². The Bertz CT molecular complexity index is 438. The Balaban J connectivity index is 2.00. The fourth-order valence-corrected chi connectivity index (χ4v) is 2.70. The zero-order valence-electron chi connectivity index (χ0n) is 9.53. The van der Waals surface area contributed by atoms with Crippen molar-refractivity contribution in [3.63, 3.8) is 0 Å². The average molecular weight is 248 g/mol. The second-order valence-corrected chi connectivity index (χ2v) is 4.96. The third-order valence-electron chi connectivity index (χ3n) is 3.56. The van der Waals surface area contributed by atoms with E-state index in [0.29, 0.717) is 11.5 Å². The van der Waals surface area contributed by atoms with Crippen molar-refractivity contribution in [1.82, 2.24) is 0 Å². The van der Waals surface area contributed by atoms with Crippen molar-refractivity contribution in [3.8, 4) is 6.07 Å². The lowest BCUT2D eigenvalue weighted by Crippen LogP contribution is -2.17. The fraction of sp³-hybridized carbons (Fsp3) is 0.429. The molecule has 0 heterocycles. The van der Waals surface area contributed by atoms with Crippen LogP contribution < -0.4 is 0 Å². The van der Waals surface area contributed by atoms with Crippen LogP contribution in [0.1, 0.15) is 42.7 Å². The second kappa shape index (κ2) is 5.33. The van der Waals surface area contributed by atoms with Crippen LogP contribution in [0, 0.1) is 17.2 Å². The molecule has 1 aromatic rings. The molecule has 1 aromatic carbocycles. The summed E-state index contributed by atoms with van der Waals surface area (Å²) < 4.78 is 0. The van der Waals surface area contributed by atoms with E-state index in [2.05, 4.69) is 6.07 Å². The molecule has 2 rings (SSSR count). The molecule has 0 spiro atoms. The Labute approximate surface area is 106 Å². The highest BCUT2D eigenvalue weighted by atomic mass is 35.5. The van der Waals surface area contributed by atoms with Gasteiger partial charge >= 0.3 is 0 Å². The van der Waals surface area contributed by atoms with Gasteiger partial charge in [0.1, 0.15) is 0 Å². The monoisotopic (exact) mass is 247 g/mol. The van der Waals surface area contributed by atoms with E-state index in [1.807, 2.05) is 24.3 Å². The highest BCUT2D eigenvalue weighted by molar-refractivity contribution is 6.63. The third kappa shape index (κ3) is 2.87. The zero-order valence-corrected chi connectivity index (χ0v) is 10.3. The quantitative estimate of drug-likeness (QED) is 0.750. The maximum absolute atomic E-state index is 11.1. The normalized spacial score (nSPS) is 24.0. The van der Waals surface area contributed by atoms with Gasteiger partial charge in [-0.1, -0.05) is 12.1 Å². The largest absolute Gasteiger partial charge is 0.281 e. The van der Waals surface area contributed by atoms with E-state index in [4.69, 9.17) is 16.9 Å². The summed E-state index contributed by atoms with van der Waals surface area (Å²) in [5, 5.41) is 8.54. The lowest BCUT2D eigenvalue weighted by atomic mass is 9.79. The van der Waals surface area contributed by atoms with Gasteiger partial charge in [0.25, 0.3) is 0 Å². The first-order valence-corrected chi connectivity index (χ1v) is 6.28. The number of hydrogen-bond acceptors (Lipinski definition) is 2. The summed E-state index contributed by atoms with van der Waals surface area (Å²) in [5.74, 6) is 0.557. The van der Waals surface area contributed by atoms with E-state index in [-0.39, 0.29) is 11.2 Å². The smallest absolute Gasteiger partial charge is 0.224 e. The van der Waals surface area contributed by atoms with E-state index < -0.39 is 0 Å². The Morgan fingerprint density at radius 2 is 1.76 bits per heavy atom. The number of rotatable bonds is 2. The summed E-state index contributed by atoms with van der Waals surface area (Å²) in [5.41, 5.74) is 1.96. The van der Waals surface area contributed by atoms with E-state index in [1.165, 1.54) is 5.56 Å². The number of carbonyl (C=O) groups excluding carboxylic acids is 1. The van der Waals surface area contributed by atoms with Crippen LogP contribution in [0.15, 0.2) is 24.3 Å². The second-order valence-electron chi connectivity index (χ2n) is 4.59. The van der Waals surface area contributed by atoms with Crippen LogP contribution in [-0.4, -0.2) is 5.24 Å². The maximum atomic E-state index is 11.1. The van der Waals surface area contributed by atoms with Gasteiger partial charge in [-0.15, -0.1) is 0 Å². The lowest BCUT2D eigenvalue weighted by molar-refractivity contribution is -0.116. The number of nitriles is 1. The van der Waals surface area contributed by atoms with E-state index in [0.717, 1.165) is 25.7 Å². The molecule has 3 heteroatoms. The summed E-state index contributed by atoms with van der Waals surface area (Å²) in [6, 6.07) is 9.87. The minimum Gasteiger partial charge on any atom is -0.281 e. The lowest BCUT2D eigenvalue weighted by Gasteiger charge is -2.26. The Hall–Kier alpha value is -1.33. The average Bonchev–Trinajstić information content (AvgIpc) is 2.39. The van der Waals surface area contributed by atoms with Gasteiger partial charge < -0.3 is 0 Å². The first kappa shape index (κ1) is 12.1. The number of hydrogen-bond donors (Lipinski definition) is 0. The van der Waals surface area contributed by atoms with Gasteiger partial charge in [-0.2, -0.15) is 5.26 Å². The van der Waals surface area contributed by atoms with Gasteiger partial charge in [0.15, 0.2) is 0 Å². The van der Waals surface area contributed by atoms with Gasteiger partial charge in [-0.05, 0) is 60.9 Å². The van der Waals surface area contributed by atoms with Gasteiger partial charge in [0.2, 0.25) is 5.24 Å². The van der Waals surface area contributed by atoms with Crippen LogP contribution in [0.4, 0.5) is 0 Å². The molecule has 0 aliphatic heterocycles. The summed E-state index contributed by atoms with van der Waals surface area (Å²) in [6.07, 6.45) is 3.78. The maximum Gasteiger partial charge on any atom is 0.224 e. The molecule has 88 valence electrons. The molecule has 1 saturated carbocycles. The standard InChI is InChI=1S/C14H14ClNO/c15-14(17)13-7-5-12(6-8-13)11-3-1-10(9-16)2-4-11/h1-4,12-13H,5-8H2. The first-order valence-electron chi connectivity index (χ1n) is 5.90. The molecule has 0 N–H and O–H groups in total. The molecule has 17 heavy (non-hydrogen) atoms. The van der Waals surface area contributed by atoms with E-state index in [9.17, 15) is 4.79 Å². The Morgan fingerprint density at radius 1 is 1.18 bits per heavy atom. The van der Waals surface area contributed by atoms with Gasteiger partial charge in [0, 0.05) is 5.92 Å². The number of nitrogens with zero attached hydrogens (tertiary/aromatic N) is 1. The molecular weight excluding hydrogens is 234 g/mol. The molecule has 0 radical (unpaired) electrons. The molecule has 0 aromatic heterocycles. The topological polar surface area (TPSA) is 40.9 Å². The molecule has 1 fully saturated rings. The van der Waals surface area contributed by atoms with Crippen molar-refractivity contribution in [3.05, 3.63) is 35.4 Å². The van der Waals surface area contributed by atoms with Crippen molar-refractivity contribution >= 4 is 16.8 Å². The Kier molecular flexibility index (Phi) is 3.81. The predicted octanol–water partition coefficient (Wildman–Crippen LogP) is 3.60. The third-order valence-corrected chi connectivity index (χ3v) is 3.87. The van der Waals surface area contributed by atoms with E-state index >= 15 is 0 Å². The van der Waals surface area contributed by atoms with Crippen LogP contribution in [0.5, 0.6) is 0 Å². The van der Waals surface area contributed by atoms with Crippen LogP contribution in [0.3, 0.4) is 0 Å². The molecule has 1 aliphatic rings. The summed E-state index contributed by atoms with van der Waals surface area (Å²) in [4.78, 5) is 11.1. The molecule has 0 amide bonds. The molecule has 0 atom stereocenters. The first-order chi connectivity index (χ1) is 8.20. The van der Waals surface area contributed by atoms with Gasteiger partial charge in [-0.3, -0.25) is 4.79 Å². The predicted molar refractivity (Wildman–Crippen MR) is 66.7 cm³/mol. The minimum atomic E-state index is -0.191. The van der Waals surface area contributed by atoms with Crippen LogP contribution in [0.25, 0.3) is 0 Å². The molecule has 2 nitrogen and oxygen atoms in total. The van der Waals surface area contributed by atoms with Gasteiger partial charge in [-0.25, -0.2) is 0 Å². The summed E-state index contributed by atoms with van der Waals surface area (Å²) in [7, 11) is 0. The van der Waals surface area contributed by atoms with Crippen LogP contribution >= 0.6 is 11.6 Å². The highest BCUT2D eigenvalue weighted by Gasteiger charge is 2.25. The van der Waals surface area contributed by atoms with Crippen molar-refractivity contribution in [2.75, 3.05) is 0 Å². The number of halogens is 1. The number of benzene rings is 1. The van der Waals surface area contributed by atoms with E-state index in [1.54, 1.807) is 0 Å². The molecule has 0 bridgehead atoms. The summed E-state index contributed by atoms with van der Waals surface area (Å²) >= 11 is 5.51. The molecule has 1 aliphatic carbocycles. The molecule has 0 unspecified atom stereocenters.